The third-order valence-electron chi connectivity index (χ3n) is 3.32. The lowest BCUT2D eigenvalue weighted by Gasteiger charge is -2.13. The molecule has 7 heteroatoms. The molecular formula is C14H20N2O4S. The van der Waals surface area contributed by atoms with Gasteiger partial charge in [-0.1, -0.05) is 12.1 Å². The first-order chi connectivity index (χ1) is 9.88. The summed E-state index contributed by atoms with van der Waals surface area (Å²) in [5.74, 6) is -0.274. The second-order valence-electron chi connectivity index (χ2n) is 5.23. The lowest BCUT2D eigenvalue weighted by atomic mass is 10.2. The molecule has 1 N–H and O–H groups in total. The Bertz CT molecular complexity index is 607. The fraction of sp³-hybridized carbons (Fsp3) is 0.500. The molecule has 0 spiro atoms. The summed E-state index contributed by atoms with van der Waals surface area (Å²) in [7, 11) is -0.319. The van der Waals surface area contributed by atoms with Crippen molar-refractivity contribution in [2.45, 2.75) is 24.7 Å². The van der Waals surface area contributed by atoms with E-state index in [-0.39, 0.29) is 11.7 Å². The van der Waals surface area contributed by atoms with Crippen molar-refractivity contribution < 1.29 is 17.9 Å². The molecule has 1 amide bonds. The quantitative estimate of drug-likeness (QED) is 0.886. The number of amides is 1. The van der Waals surface area contributed by atoms with Crippen molar-refractivity contribution in [1.82, 2.24) is 4.31 Å². The Morgan fingerprint density at radius 3 is 2.81 bits per heavy atom. The van der Waals surface area contributed by atoms with E-state index < -0.39 is 16.1 Å². The second kappa shape index (κ2) is 6.55. The summed E-state index contributed by atoms with van der Waals surface area (Å²) in [4.78, 5) is 12.0. The van der Waals surface area contributed by atoms with Gasteiger partial charge in [-0.3, -0.25) is 4.79 Å². The monoisotopic (exact) mass is 312 g/mol. The van der Waals surface area contributed by atoms with Gasteiger partial charge in [-0.05, 0) is 30.5 Å². The van der Waals surface area contributed by atoms with Gasteiger partial charge >= 0.3 is 0 Å². The number of benzene rings is 1. The Balaban J connectivity index is 2.05. The Morgan fingerprint density at radius 2 is 2.19 bits per heavy atom. The highest BCUT2D eigenvalue weighted by molar-refractivity contribution is 7.88. The van der Waals surface area contributed by atoms with Crippen LogP contribution in [0.15, 0.2) is 24.3 Å². The predicted octanol–water partition coefficient (Wildman–Crippen LogP) is 1.20. The van der Waals surface area contributed by atoms with E-state index in [2.05, 4.69) is 5.32 Å². The number of carbonyl (C=O) groups is 1. The van der Waals surface area contributed by atoms with Crippen molar-refractivity contribution >= 4 is 21.6 Å². The molecule has 1 aliphatic heterocycles. The molecule has 1 aliphatic rings. The van der Waals surface area contributed by atoms with E-state index in [1.165, 1.54) is 18.4 Å². The summed E-state index contributed by atoms with van der Waals surface area (Å²) >= 11 is 0. The summed E-state index contributed by atoms with van der Waals surface area (Å²) in [5.41, 5.74) is 1.22. The fourth-order valence-electron chi connectivity index (χ4n) is 2.09. The van der Waals surface area contributed by atoms with E-state index in [9.17, 15) is 13.2 Å². The molecule has 1 heterocycles. The van der Waals surface area contributed by atoms with E-state index in [4.69, 9.17) is 4.74 Å². The first-order valence-corrected chi connectivity index (χ1v) is 8.41. The molecule has 1 atom stereocenters. The summed E-state index contributed by atoms with van der Waals surface area (Å²) in [6.07, 6.45) is 1.21. The molecule has 6 nitrogen and oxygen atoms in total. The number of hydrogen-bond donors (Lipinski definition) is 1. The van der Waals surface area contributed by atoms with Crippen molar-refractivity contribution in [3.05, 3.63) is 29.8 Å². The Hall–Kier alpha value is -1.44. The van der Waals surface area contributed by atoms with Crippen LogP contribution in [0.25, 0.3) is 0 Å². The average molecular weight is 312 g/mol. The highest BCUT2D eigenvalue weighted by Crippen LogP contribution is 2.17. The van der Waals surface area contributed by atoms with E-state index in [0.29, 0.717) is 17.9 Å². The molecule has 1 fully saturated rings. The molecule has 116 valence electrons. The average Bonchev–Trinajstić information content (AvgIpc) is 2.92. The maximum Gasteiger partial charge on any atom is 0.253 e. The number of rotatable bonds is 5. The molecule has 0 saturated carbocycles. The van der Waals surface area contributed by atoms with E-state index >= 15 is 0 Å². The number of hydrogen-bond acceptors (Lipinski definition) is 4. The van der Waals surface area contributed by atoms with Crippen molar-refractivity contribution in [3.8, 4) is 0 Å². The van der Waals surface area contributed by atoms with Gasteiger partial charge in [0.1, 0.15) is 6.10 Å². The van der Waals surface area contributed by atoms with Gasteiger partial charge in [0.15, 0.2) is 0 Å². The number of nitrogens with one attached hydrogen (secondary N) is 1. The minimum absolute atomic E-state index is 0.0936. The molecule has 1 aromatic rings. The third kappa shape index (κ3) is 4.26. The summed E-state index contributed by atoms with van der Waals surface area (Å²) in [6.45, 7) is 0.610. The largest absolute Gasteiger partial charge is 0.368 e. The number of sulfonamides is 1. The standard InChI is InChI=1S/C14H20N2O4S/c1-16(2)21(18,19)10-11-5-3-6-12(9-11)15-14(17)13-7-4-8-20-13/h3,5-6,9,13H,4,7-8,10H2,1-2H3,(H,15,17)/t13-/m1/s1. The minimum atomic E-state index is -3.32. The van der Waals surface area contributed by atoms with Crippen molar-refractivity contribution in [2.24, 2.45) is 0 Å². The maximum absolute atomic E-state index is 12.0. The van der Waals surface area contributed by atoms with Gasteiger partial charge in [0, 0.05) is 26.4 Å². The maximum atomic E-state index is 12.0. The molecular weight excluding hydrogens is 292 g/mol. The van der Waals surface area contributed by atoms with Gasteiger partial charge in [0.25, 0.3) is 5.91 Å². The zero-order valence-electron chi connectivity index (χ0n) is 12.2. The second-order valence-corrected chi connectivity index (χ2v) is 7.41. The van der Waals surface area contributed by atoms with Gasteiger partial charge in [-0.15, -0.1) is 0 Å². The fourth-order valence-corrected chi connectivity index (χ4v) is 2.94. The van der Waals surface area contributed by atoms with Crippen LogP contribution in [0.5, 0.6) is 0 Å². The highest BCUT2D eigenvalue weighted by Gasteiger charge is 2.23. The normalized spacial score (nSPS) is 18.9. The summed E-state index contributed by atoms with van der Waals surface area (Å²) in [6, 6.07) is 6.86. The SMILES string of the molecule is CN(C)S(=O)(=O)Cc1cccc(NC(=O)[C@H]2CCCO2)c1. The van der Waals surface area contributed by atoms with Crippen LogP contribution >= 0.6 is 0 Å². The van der Waals surface area contributed by atoms with Crippen LogP contribution < -0.4 is 5.32 Å². The summed E-state index contributed by atoms with van der Waals surface area (Å²) in [5, 5.41) is 2.77. The Morgan fingerprint density at radius 1 is 1.43 bits per heavy atom. The molecule has 0 bridgehead atoms. The minimum Gasteiger partial charge on any atom is -0.368 e. The van der Waals surface area contributed by atoms with Crippen LogP contribution in [0.2, 0.25) is 0 Å². The number of anilines is 1. The van der Waals surface area contributed by atoms with Gasteiger partial charge in [-0.2, -0.15) is 0 Å². The number of nitrogens with zero attached hydrogens (tertiary/aromatic N) is 1. The van der Waals surface area contributed by atoms with Crippen LogP contribution in [-0.2, 0) is 25.3 Å². The van der Waals surface area contributed by atoms with E-state index in [1.54, 1.807) is 24.3 Å². The molecule has 21 heavy (non-hydrogen) atoms. The zero-order valence-corrected chi connectivity index (χ0v) is 13.0. The van der Waals surface area contributed by atoms with Gasteiger partial charge in [0.05, 0.1) is 5.75 Å². The topological polar surface area (TPSA) is 75.7 Å². The number of carbonyl (C=O) groups excluding carboxylic acids is 1. The molecule has 1 saturated heterocycles. The van der Waals surface area contributed by atoms with Crippen LogP contribution in [0, 0.1) is 0 Å². The predicted molar refractivity (Wildman–Crippen MR) is 80.4 cm³/mol. The van der Waals surface area contributed by atoms with Crippen LogP contribution in [0.4, 0.5) is 5.69 Å². The van der Waals surface area contributed by atoms with Crippen molar-refractivity contribution in [3.63, 3.8) is 0 Å². The Labute approximate surface area is 125 Å². The first-order valence-electron chi connectivity index (χ1n) is 6.80. The highest BCUT2D eigenvalue weighted by atomic mass is 32.2. The lowest BCUT2D eigenvalue weighted by molar-refractivity contribution is -0.124. The molecule has 0 radical (unpaired) electrons. The zero-order chi connectivity index (χ0) is 15.5. The molecule has 1 aromatic carbocycles. The third-order valence-corrected chi connectivity index (χ3v) is 5.13. The van der Waals surface area contributed by atoms with Gasteiger partial charge in [-0.25, -0.2) is 12.7 Å². The molecule has 0 unspecified atom stereocenters. The summed E-state index contributed by atoms with van der Waals surface area (Å²) < 4.78 is 30.2. The Kier molecular flexibility index (Phi) is 4.97. The van der Waals surface area contributed by atoms with Crippen LogP contribution in [0.3, 0.4) is 0 Å². The molecule has 0 aliphatic carbocycles. The first kappa shape index (κ1) is 15.9. The number of ether oxygens (including phenoxy) is 1. The van der Waals surface area contributed by atoms with E-state index in [0.717, 1.165) is 12.8 Å². The van der Waals surface area contributed by atoms with Crippen molar-refractivity contribution in [1.29, 1.82) is 0 Å². The molecule has 2 rings (SSSR count). The van der Waals surface area contributed by atoms with Gasteiger partial charge < -0.3 is 10.1 Å². The smallest absolute Gasteiger partial charge is 0.253 e. The van der Waals surface area contributed by atoms with Gasteiger partial charge in [0.2, 0.25) is 10.0 Å². The van der Waals surface area contributed by atoms with Crippen LogP contribution in [0.1, 0.15) is 18.4 Å². The van der Waals surface area contributed by atoms with Crippen LogP contribution in [-0.4, -0.2) is 45.4 Å². The lowest BCUT2D eigenvalue weighted by Crippen LogP contribution is -2.27. The van der Waals surface area contributed by atoms with E-state index in [1.807, 2.05) is 0 Å². The van der Waals surface area contributed by atoms with Crippen molar-refractivity contribution in [2.75, 3.05) is 26.0 Å². The molecule has 0 aromatic heterocycles.